The van der Waals surface area contributed by atoms with Crippen LogP contribution in [-0.4, -0.2) is 29.3 Å². The van der Waals surface area contributed by atoms with Crippen LogP contribution in [0.4, 0.5) is 0 Å². The van der Waals surface area contributed by atoms with Gasteiger partial charge in [0.05, 0.1) is 13.2 Å². The SMILES string of the molecule is C=C(/C=C\C=C\Br)c1c2c(cc(=C/C)/c1=C(\CC(C)C)Oc1cccc(C(O)OCCCO)c1)CN=C2N.CC.N. The van der Waals surface area contributed by atoms with Crippen LogP contribution in [0.2, 0.25) is 0 Å². The average Bonchev–Trinajstić information content (AvgIpc) is 3.32. The predicted octanol–water partition coefficient (Wildman–Crippen LogP) is 6.00. The number of aliphatic hydroxyl groups is 2. The van der Waals surface area contributed by atoms with E-state index in [4.69, 9.17) is 20.3 Å². The lowest BCUT2D eigenvalue weighted by Gasteiger charge is -2.19. The second kappa shape index (κ2) is 18.4. The van der Waals surface area contributed by atoms with Gasteiger partial charge in [0.1, 0.15) is 17.3 Å². The molecule has 41 heavy (non-hydrogen) atoms. The normalized spacial score (nSPS) is 14.4. The molecule has 0 aromatic heterocycles. The fraction of sp³-hybridized carbons (Fsp3) is 0.364. The highest BCUT2D eigenvalue weighted by atomic mass is 79.9. The molecule has 2 aromatic carbocycles. The molecule has 0 saturated carbocycles. The van der Waals surface area contributed by atoms with Gasteiger partial charge >= 0.3 is 0 Å². The first kappa shape index (κ1) is 36.0. The number of benzene rings is 2. The summed E-state index contributed by atoms with van der Waals surface area (Å²) in [5.74, 6) is 2.17. The van der Waals surface area contributed by atoms with Crippen LogP contribution in [0.15, 0.2) is 65.1 Å². The van der Waals surface area contributed by atoms with E-state index in [2.05, 4.69) is 53.5 Å². The van der Waals surface area contributed by atoms with Crippen molar-refractivity contribution in [2.75, 3.05) is 13.2 Å². The highest BCUT2D eigenvalue weighted by molar-refractivity contribution is 9.11. The van der Waals surface area contributed by atoms with Gasteiger partial charge in [-0.25, -0.2) is 0 Å². The van der Waals surface area contributed by atoms with E-state index in [1.807, 2.05) is 51.1 Å². The lowest BCUT2D eigenvalue weighted by molar-refractivity contribution is -0.105. The predicted molar refractivity (Wildman–Crippen MR) is 175 cm³/mol. The van der Waals surface area contributed by atoms with E-state index in [0.29, 0.717) is 42.5 Å². The van der Waals surface area contributed by atoms with Gasteiger partial charge < -0.3 is 31.6 Å². The molecule has 1 unspecified atom stereocenters. The number of aliphatic imine (C=N–C) groups is 1. The van der Waals surface area contributed by atoms with Crippen molar-refractivity contribution in [3.63, 3.8) is 0 Å². The summed E-state index contributed by atoms with van der Waals surface area (Å²) in [5.41, 5.74) is 10.7. The second-order valence-electron chi connectivity index (χ2n) is 9.44. The largest absolute Gasteiger partial charge is 0.461 e. The minimum atomic E-state index is -1.11. The van der Waals surface area contributed by atoms with Crippen LogP contribution in [0.3, 0.4) is 0 Å². The first-order chi connectivity index (χ1) is 19.3. The van der Waals surface area contributed by atoms with E-state index in [1.165, 1.54) is 0 Å². The van der Waals surface area contributed by atoms with Crippen LogP contribution in [-0.2, 0) is 11.3 Å². The van der Waals surface area contributed by atoms with E-state index in [9.17, 15) is 5.11 Å². The van der Waals surface area contributed by atoms with Gasteiger partial charge in [0.2, 0.25) is 0 Å². The highest BCUT2D eigenvalue weighted by Crippen LogP contribution is 2.27. The number of hydrogen-bond acceptors (Lipinski definition) is 7. The molecule has 8 heteroatoms. The summed E-state index contributed by atoms with van der Waals surface area (Å²) in [6.45, 7) is 15.5. The maximum absolute atomic E-state index is 10.5. The lowest BCUT2D eigenvalue weighted by atomic mass is 9.91. The van der Waals surface area contributed by atoms with E-state index in [0.717, 1.165) is 38.5 Å². The molecule has 0 bridgehead atoms. The van der Waals surface area contributed by atoms with Gasteiger partial charge in [-0.15, -0.1) is 0 Å². The molecule has 0 aliphatic carbocycles. The van der Waals surface area contributed by atoms with Crippen LogP contribution >= 0.6 is 15.9 Å². The fourth-order valence-corrected chi connectivity index (χ4v) is 4.55. The Kier molecular flexibility index (Phi) is 16.2. The van der Waals surface area contributed by atoms with E-state index in [1.54, 1.807) is 17.1 Å². The Bertz CT molecular complexity index is 1360. The first-order valence-corrected chi connectivity index (χ1v) is 14.7. The van der Waals surface area contributed by atoms with Gasteiger partial charge in [0.15, 0.2) is 6.29 Å². The summed E-state index contributed by atoms with van der Waals surface area (Å²) >= 11 is 3.31. The zero-order valence-electron chi connectivity index (χ0n) is 25.0. The second-order valence-corrected chi connectivity index (χ2v) is 9.97. The van der Waals surface area contributed by atoms with Crippen LogP contribution < -0.4 is 27.1 Å². The van der Waals surface area contributed by atoms with Crippen molar-refractivity contribution >= 4 is 39.2 Å². The standard InChI is InChI=1S/C31H37BrN2O4.C2H6.H3N/c1-5-22-17-24-19-34-30(33)29(24)27(21(4)10-6-7-13-32)28(22)26(16-20(2)3)38-25-12-8-11-23(18-25)31(36)37-15-9-14-35;1-2;/h5-8,10-13,17-18,20,31,35-36H,4,9,14-16,19H2,1-3H3,(H2,33,34);1-2H3;1H3/b10-6-,13-7+,22-5-,28-26-;;. The van der Waals surface area contributed by atoms with Crippen molar-refractivity contribution in [3.05, 3.63) is 92.8 Å². The smallest absolute Gasteiger partial charge is 0.181 e. The van der Waals surface area contributed by atoms with Crippen LogP contribution in [0.25, 0.3) is 17.4 Å². The molecule has 2 aromatic rings. The first-order valence-electron chi connectivity index (χ1n) is 13.8. The Labute approximate surface area is 253 Å². The Morgan fingerprint density at radius 2 is 1.95 bits per heavy atom. The Morgan fingerprint density at radius 1 is 1.22 bits per heavy atom. The van der Waals surface area contributed by atoms with E-state index >= 15 is 0 Å². The third kappa shape index (κ3) is 9.80. The third-order valence-electron chi connectivity index (χ3n) is 6.06. The Morgan fingerprint density at radius 3 is 2.59 bits per heavy atom. The molecular weight excluding hydrogens is 582 g/mol. The van der Waals surface area contributed by atoms with Crippen molar-refractivity contribution in [2.24, 2.45) is 16.6 Å². The molecule has 1 atom stereocenters. The molecule has 1 aliphatic rings. The van der Waals surface area contributed by atoms with Gasteiger partial charge in [-0.3, -0.25) is 4.99 Å². The average molecular weight is 629 g/mol. The molecule has 0 amide bonds. The van der Waals surface area contributed by atoms with Crippen molar-refractivity contribution in [1.82, 2.24) is 6.15 Å². The molecule has 7 N–H and O–H groups in total. The molecule has 224 valence electrons. The quantitative estimate of drug-likeness (QED) is 0.130. The van der Waals surface area contributed by atoms with Crippen molar-refractivity contribution in [2.45, 2.75) is 60.3 Å². The molecule has 0 radical (unpaired) electrons. The number of rotatable bonds is 12. The van der Waals surface area contributed by atoms with Crippen LogP contribution in [0.5, 0.6) is 5.75 Å². The number of nitrogens with two attached hydrogens (primary N) is 1. The lowest BCUT2D eigenvalue weighted by Crippen LogP contribution is -2.36. The number of amidine groups is 1. The van der Waals surface area contributed by atoms with Gasteiger partial charge in [-0.05, 0) is 58.8 Å². The number of fused-ring (bicyclic) bond motifs is 1. The topological polar surface area (TPSA) is 132 Å². The fourth-order valence-electron chi connectivity index (χ4n) is 4.37. The summed E-state index contributed by atoms with van der Waals surface area (Å²) in [5, 5.41) is 21.4. The molecule has 1 aliphatic heterocycles. The Balaban J connectivity index is 0.00000274. The monoisotopic (exact) mass is 627 g/mol. The molecule has 1 heterocycles. The zero-order chi connectivity index (χ0) is 29.7. The molecule has 0 spiro atoms. The summed E-state index contributed by atoms with van der Waals surface area (Å²) in [6, 6.07) is 9.37. The zero-order valence-corrected chi connectivity index (χ0v) is 26.6. The van der Waals surface area contributed by atoms with Crippen molar-refractivity contribution < 1.29 is 19.7 Å². The van der Waals surface area contributed by atoms with Crippen LogP contribution in [0, 0.1) is 5.92 Å². The third-order valence-corrected chi connectivity index (χ3v) is 6.37. The summed E-state index contributed by atoms with van der Waals surface area (Å²) in [7, 11) is 0. The molecule has 3 rings (SSSR count). The van der Waals surface area contributed by atoms with Gasteiger partial charge in [0, 0.05) is 34.9 Å². The summed E-state index contributed by atoms with van der Waals surface area (Å²) in [4.78, 5) is 6.29. The number of halogens is 1. The van der Waals surface area contributed by atoms with Gasteiger partial charge in [0.25, 0.3) is 0 Å². The highest BCUT2D eigenvalue weighted by Gasteiger charge is 2.23. The number of nitrogens with zero attached hydrogens (tertiary/aromatic N) is 1. The Hall–Kier alpha value is -3.01. The van der Waals surface area contributed by atoms with Gasteiger partial charge in [-0.2, -0.15) is 0 Å². The van der Waals surface area contributed by atoms with E-state index in [-0.39, 0.29) is 19.4 Å². The molecule has 0 fully saturated rings. The van der Waals surface area contributed by atoms with Crippen molar-refractivity contribution in [3.8, 4) is 5.75 Å². The minimum Gasteiger partial charge on any atom is -0.461 e. The molecular formula is C33H46BrN3O4. The van der Waals surface area contributed by atoms with Crippen LogP contribution in [0.1, 0.15) is 76.0 Å². The van der Waals surface area contributed by atoms with E-state index < -0.39 is 6.29 Å². The van der Waals surface area contributed by atoms with Gasteiger partial charge in [-0.1, -0.05) is 86.6 Å². The maximum Gasteiger partial charge on any atom is 0.181 e. The number of ether oxygens (including phenoxy) is 2. The molecule has 0 saturated heterocycles. The number of allylic oxidation sites excluding steroid dienone is 4. The summed E-state index contributed by atoms with van der Waals surface area (Å²) in [6.07, 6.45) is 7.83. The number of aliphatic hydroxyl groups excluding tert-OH is 2. The molecule has 7 nitrogen and oxygen atoms in total. The number of hydrogen-bond donors (Lipinski definition) is 4. The summed E-state index contributed by atoms with van der Waals surface area (Å²) < 4.78 is 12.1. The van der Waals surface area contributed by atoms with Crippen molar-refractivity contribution in [1.29, 1.82) is 0 Å². The minimum absolute atomic E-state index is 0. The maximum atomic E-state index is 10.5.